The molecule has 0 N–H and O–H groups in total. The molecule has 0 bridgehead atoms. The SMILES string of the molecule is C=C1CCCCC(=C)C1=CCC1=C(C)C(=C)CCCC1. The van der Waals surface area contributed by atoms with E-state index in [1.165, 1.54) is 66.4 Å². The predicted octanol–water partition coefficient (Wildman–Crippen LogP) is 6.44. The van der Waals surface area contributed by atoms with Crippen LogP contribution in [-0.2, 0) is 0 Å². The van der Waals surface area contributed by atoms with Gasteiger partial charge in [-0.3, -0.25) is 0 Å². The summed E-state index contributed by atoms with van der Waals surface area (Å²) in [5.41, 5.74) is 8.29. The van der Waals surface area contributed by atoms with Gasteiger partial charge in [-0.1, -0.05) is 37.0 Å². The highest BCUT2D eigenvalue weighted by Gasteiger charge is 2.14. The van der Waals surface area contributed by atoms with Crippen molar-refractivity contribution < 1.29 is 0 Å². The molecular formula is C20H28. The Labute approximate surface area is 124 Å². The van der Waals surface area contributed by atoms with E-state index in [4.69, 9.17) is 0 Å². The fraction of sp³-hybridized carbons (Fsp3) is 0.500. The summed E-state index contributed by atoms with van der Waals surface area (Å²) in [7, 11) is 0. The molecule has 0 aromatic rings. The molecule has 0 amide bonds. The highest BCUT2D eigenvalue weighted by molar-refractivity contribution is 5.46. The topological polar surface area (TPSA) is 0 Å². The van der Waals surface area contributed by atoms with Gasteiger partial charge in [-0.05, 0) is 87.0 Å². The predicted molar refractivity (Wildman–Crippen MR) is 89.8 cm³/mol. The minimum Gasteiger partial charge on any atom is -0.0956 e. The van der Waals surface area contributed by atoms with Gasteiger partial charge in [0.1, 0.15) is 0 Å². The smallest absolute Gasteiger partial charge is 0.0124 e. The molecule has 0 aliphatic heterocycles. The first-order chi connectivity index (χ1) is 9.59. The molecule has 0 nitrogen and oxygen atoms in total. The van der Waals surface area contributed by atoms with Gasteiger partial charge in [0.25, 0.3) is 0 Å². The van der Waals surface area contributed by atoms with Crippen molar-refractivity contribution in [1.82, 2.24) is 0 Å². The van der Waals surface area contributed by atoms with Crippen LogP contribution in [0.15, 0.2) is 59.3 Å². The Hall–Kier alpha value is -1.30. The van der Waals surface area contributed by atoms with E-state index >= 15 is 0 Å². The fourth-order valence-electron chi connectivity index (χ4n) is 3.27. The summed E-state index contributed by atoms with van der Waals surface area (Å²) < 4.78 is 0. The zero-order valence-corrected chi connectivity index (χ0v) is 13.1. The number of hydrogen-bond donors (Lipinski definition) is 0. The summed E-state index contributed by atoms with van der Waals surface area (Å²) in [6, 6.07) is 0. The van der Waals surface area contributed by atoms with Crippen LogP contribution in [-0.4, -0.2) is 0 Å². The molecule has 1 saturated carbocycles. The molecule has 0 radical (unpaired) electrons. The van der Waals surface area contributed by atoms with Crippen LogP contribution in [0.1, 0.15) is 64.7 Å². The minimum atomic E-state index is 1.05. The van der Waals surface area contributed by atoms with Crippen molar-refractivity contribution in [2.45, 2.75) is 64.7 Å². The Kier molecular flexibility index (Phi) is 5.23. The lowest BCUT2D eigenvalue weighted by atomic mass is 9.93. The second-order valence-corrected chi connectivity index (χ2v) is 6.28. The molecule has 0 unspecified atom stereocenters. The molecule has 108 valence electrons. The zero-order chi connectivity index (χ0) is 14.5. The molecule has 0 heterocycles. The van der Waals surface area contributed by atoms with Crippen molar-refractivity contribution in [3.63, 3.8) is 0 Å². The normalized spacial score (nSPS) is 21.9. The van der Waals surface area contributed by atoms with Crippen LogP contribution in [0, 0.1) is 0 Å². The summed E-state index contributed by atoms with van der Waals surface area (Å²) in [5.74, 6) is 0. The third-order valence-electron chi connectivity index (χ3n) is 4.79. The maximum absolute atomic E-state index is 4.26. The lowest BCUT2D eigenvalue weighted by Crippen LogP contribution is -1.92. The van der Waals surface area contributed by atoms with E-state index in [1.807, 2.05) is 0 Å². The van der Waals surface area contributed by atoms with Crippen molar-refractivity contribution in [2.24, 2.45) is 0 Å². The average molecular weight is 268 g/mol. The van der Waals surface area contributed by atoms with Gasteiger partial charge < -0.3 is 0 Å². The second-order valence-electron chi connectivity index (χ2n) is 6.28. The van der Waals surface area contributed by atoms with Gasteiger partial charge in [0.2, 0.25) is 0 Å². The van der Waals surface area contributed by atoms with Gasteiger partial charge in [0.05, 0.1) is 0 Å². The van der Waals surface area contributed by atoms with Crippen molar-refractivity contribution in [3.05, 3.63) is 59.3 Å². The lowest BCUT2D eigenvalue weighted by Gasteiger charge is -2.12. The van der Waals surface area contributed by atoms with E-state index in [-0.39, 0.29) is 0 Å². The molecule has 0 spiro atoms. The molecule has 1 fully saturated rings. The Balaban J connectivity index is 2.17. The minimum absolute atomic E-state index is 1.05. The van der Waals surface area contributed by atoms with Gasteiger partial charge in [0, 0.05) is 0 Å². The standard InChI is InChI=1S/C20H28/c1-15-9-7-8-12-19(18(15)4)13-14-20-16(2)10-5-6-11-17(20)3/h14H,1-3,5-13H2,4H3. The Morgan fingerprint density at radius 1 is 0.800 bits per heavy atom. The Bertz CT molecular complexity index is 462. The summed E-state index contributed by atoms with van der Waals surface area (Å²) in [6.45, 7) is 15.0. The van der Waals surface area contributed by atoms with Crippen molar-refractivity contribution >= 4 is 0 Å². The summed E-state index contributed by atoms with van der Waals surface area (Å²) in [4.78, 5) is 0. The maximum Gasteiger partial charge on any atom is -0.0124 e. The van der Waals surface area contributed by atoms with E-state index in [0.29, 0.717) is 0 Å². The quantitative estimate of drug-likeness (QED) is 0.506. The van der Waals surface area contributed by atoms with Gasteiger partial charge in [-0.2, -0.15) is 0 Å². The first kappa shape index (κ1) is 15.1. The van der Waals surface area contributed by atoms with E-state index in [2.05, 4.69) is 32.7 Å². The van der Waals surface area contributed by atoms with Crippen LogP contribution in [0.5, 0.6) is 0 Å². The lowest BCUT2D eigenvalue weighted by molar-refractivity contribution is 0.745. The largest absolute Gasteiger partial charge is 0.0956 e. The Morgan fingerprint density at radius 2 is 1.30 bits per heavy atom. The van der Waals surface area contributed by atoms with Crippen molar-refractivity contribution in [2.75, 3.05) is 0 Å². The fourth-order valence-corrected chi connectivity index (χ4v) is 3.27. The molecular weight excluding hydrogens is 240 g/mol. The number of hydrogen-bond acceptors (Lipinski definition) is 0. The summed E-state index contributed by atoms with van der Waals surface area (Å²) in [6.07, 6.45) is 13.2. The molecule has 0 heteroatoms. The monoisotopic (exact) mass is 268 g/mol. The maximum atomic E-state index is 4.26. The van der Waals surface area contributed by atoms with Gasteiger partial charge >= 0.3 is 0 Å². The highest BCUT2D eigenvalue weighted by atomic mass is 14.2. The summed E-state index contributed by atoms with van der Waals surface area (Å²) in [5, 5.41) is 0. The number of rotatable bonds is 2. The first-order valence-electron chi connectivity index (χ1n) is 8.03. The van der Waals surface area contributed by atoms with Crippen LogP contribution >= 0.6 is 0 Å². The molecule has 20 heavy (non-hydrogen) atoms. The van der Waals surface area contributed by atoms with Crippen LogP contribution in [0.4, 0.5) is 0 Å². The third kappa shape index (κ3) is 3.62. The van der Waals surface area contributed by atoms with Crippen molar-refractivity contribution in [3.8, 4) is 0 Å². The first-order valence-corrected chi connectivity index (χ1v) is 8.03. The molecule has 0 aromatic carbocycles. The van der Waals surface area contributed by atoms with Crippen LogP contribution in [0.25, 0.3) is 0 Å². The summed E-state index contributed by atoms with van der Waals surface area (Å²) >= 11 is 0. The molecule has 0 saturated heterocycles. The third-order valence-corrected chi connectivity index (χ3v) is 4.79. The van der Waals surface area contributed by atoms with Crippen LogP contribution in [0.2, 0.25) is 0 Å². The van der Waals surface area contributed by atoms with E-state index in [0.717, 1.165) is 19.3 Å². The van der Waals surface area contributed by atoms with E-state index in [9.17, 15) is 0 Å². The van der Waals surface area contributed by atoms with Gasteiger partial charge in [-0.15, -0.1) is 0 Å². The highest BCUT2D eigenvalue weighted by Crippen LogP contribution is 2.33. The van der Waals surface area contributed by atoms with Gasteiger partial charge in [0.15, 0.2) is 0 Å². The molecule has 0 atom stereocenters. The Morgan fingerprint density at radius 3 is 1.90 bits per heavy atom. The number of allylic oxidation sites excluding steroid dienone is 7. The van der Waals surface area contributed by atoms with Crippen molar-refractivity contribution in [1.29, 1.82) is 0 Å². The van der Waals surface area contributed by atoms with Crippen LogP contribution < -0.4 is 0 Å². The van der Waals surface area contributed by atoms with Gasteiger partial charge in [-0.25, -0.2) is 0 Å². The molecule has 2 aliphatic carbocycles. The van der Waals surface area contributed by atoms with E-state index < -0.39 is 0 Å². The average Bonchev–Trinajstić information content (AvgIpc) is 2.68. The molecule has 2 aliphatic rings. The zero-order valence-electron chi connectivity index (χ0n) is 13.1. The molecule has 0 aromatic heterocycles. The van der Waals surface area contributed by atoms with Crippen LogP contribution in [0.3, 0.4) is 0 Å². The second kappa shape index (κ2) is 6.92. The van der Waals surface area contributed by atoms with E-state index in [1.54, 1.807) is 5.57 Å². The molecule has 2 rings (SSSR count).